The first kappa shape index (κ1) is 12.3. The van der Waals surface area contributed by atoms with Crippen LogP contribution in [0, 0.1) is 12.7 Å². The first-order chi connectivity index (χ1) is 8.15. The third-order valence-electron chi connectivity index (χ3n) is 2.61. The third kappa shape index (κ3) is 2.26. The molecule has 0 bridgehead atoms. The van der Waals surface area contributed by atoms with Crippen molar-refractivity contribution in [2.75, 3.05) is 0 Å². The highest BCUT2D eigenvalue weighted by Crippen LogP contribution is 2.30. The van der Waals surface area contributed by atoms with Gasteiger partial charge in [0, 0.05) is 5.56 Å². The number of nitrogens with one attached hydrogen (secondary N) is 1. The minimum atomic E-state index is -0.515. The molecule has 3 N–H and O–H groups in total. The number of benzene rings is 1. The van der Waals surface area contributed by atoms with Gasteiger partial charge in [0.05, 0.1) is 10.7 Å². The van der Waals surface area contributed by atoms with Crippen LogP contribution in [0.4, 0.5) is 4.39 Å². The lowest BCUT2D eigenvalue weighted by molar-refractivity contribution is 0.438. The number of hydrogen-bond acceptors (Lipinski definition) is 3. The number of hydrazine groups is 1. The van der Waals surface area contributed by atoms with E-state index in [1.54, 1.807) is 31.2 Å². The average molecular weight is 299 g/mol. The first-order valence-corrected chi connectivity index (χ1v) is 5.88. The summed E-state index contributed by atoms with van der Waals surface area (Å²) in [5.41, 5.74) is 3.60. The van der Waals surface area contributed by atoms with Gasteiger partial charge in [-0.3, -0.25) is 5.84 Å². The Morgan fingerprint density at radius 2 is 2.18 bits per heavy atom. The molecule has 1 atom stereocenters. The van der Waals surface area contributed by atoms with E-state index in [2.05, 4.69) is 21.4 Å². The molecule has 0 saturated heterocycles. The smallest absolute Gasteiger partial charge is 0.140 e. The molecule has 0 amide bonds. The molecule has 17 heavy (non-hydrogen) atoms. The summed E-state index contributed by atoms with van der Waals surface area (Å²) in [6, 6.07) is 6.41. The molecule has 1 unspecified atom stereocenters. The fraction of sp³-hybridized carbons (Fsp3) is 0.167. The Morgan fingerprint density at radius 1 is 1.41 bits per heavy atom. The molecule has 5 heteroatoms. The van der Waals surface area contributed by atoms with E-state index in [-0.39, 0.29) is 5.82 Å². The molecule has 0 fully saturated rings. The van der Waals surface area contributed by atoms with Crippen molar-refractivity contribution in [1.82, 2.24) is 5.43 Å². The minimum absolute atomic E-state index is 0.279. The van der Waals surface area contributed by atoms with Gasteiger partial charge < -0.3 is 4.42 Å². The van der Waals surface area contributed by atoms with Gasteiger partial charge in [-0.1, -0.05) is 18.2 Å². The Morgan fingerprint density at radius 3 is 2.76 bits per heavy atom. The van der Waals surface area contributed by atoms with Crippen LogP contribution in [0.15, 0.2) is 39.4 Å². The van der Waals surface area contributed by atoms with Gasteiger partial charge in [-0.05, 0) is 34.5 Å². The van der Waals surface area contributed by atoms with Gasteiger partial charge in [0.2, 0.25) is 0 Å². The summed E-state index contributed by atoms with van der Waals surface area (Å²) in [6.45, 7) is 1.71. The largest absolute Gasteiger partial charge is 0.466 e. The highest BCUT2D eigenvalue weighted by molar-refractivity contribution is 9.10. The summed E-state index contributed by atoms with van der Waals surface area (Å²) in [4.78, 5) is 0. The monoisotopic (exact) mass is 298 g/mol. The van der Waals surface area contributed by atoms with Crippen molar-refractivity contribution in [3.8, 4) is 0 Å². The van der Waals surface area contributed by atoms with Crippen LogP contribution in [0.25, 0.3) is 0 Å². The molecule has 0 aliphatic heterocycles. The molecule has 0 aliphatic rings. The van der Waals surface area contributed by atoms with Crippen molar-refractivity contribution in [1.29, 1.82) is 0 Å². The maximum atomic E-state index is 14.0. The van der Waals surface area contributed by atoms with Gasteiger partial charge in [0.15, 0.2) is 0 Å². The van der Waals surface area contributed by atoms with Crippen LogP contribution in [-0.2, 0) is 0 Å². The topological polar surface area (TPSA) is 51.2 Å². The minimum Gasteiger partial charge on any atom is -0.466 e. The number of aryl methyl sites for hydroxylation is 1. The summed E-state index contributed by atoms with van der Waals surface area (Å²) in [5, 5.41) is 0. The predicted octanol–water partition coefficient (Wildman–Crippen LogP) is 3.04. The lowest BCUT2D eigenvalue weighted by atomic mass is 10.0. The maximum Gasteiger partial charge on any atom is 0.140 e. The fourth-order valence-electron chi connectivity index (χ4n) is 1.71. The van der Waals surface area contributed by atoms with Gasteiger partial charge in [-0.25, -0.2) is 9.82 Å². The zero-order valence-electron chi connectivity index (χ0n) is 9.21. The van der Waals surface area contributed by atoms with E-state index in [4.69, 9.17) is 10.3 Å². The van der Waals surface area contributed by atoms with E-state index < -0.39 is 6.04 Å². The van der Waals surface area contributed by atoms with Gasteiger partial charge in [0.1, 0.15) is 17.6 Å². The van der Waals surface area contributed by atoms with Crippen LogP contribution in [-0.4, -0.2) is 0 Å². The summed E-state index contributed by atoms with van der Waals surface area (Å²) < 4.78 is 20.1. The molecule has 1 aromatic carbocycles. The number of furan rings is 1. The van der Waals surface area contributed by atoms with Crippen LogP contribution in [0.5, 0.6) is 0 Å². The fourth-order valence-corrected chi connectivity index (χ4v) is 2.14. The zero-order chi connectivity index (χ0) is 12.4. The molecule has 1 heterocycles. The van der Waals surface area contributed by atoms with Crippen LogP contribution in [0.2, 0.25) is 0 Å². The molecule has 2 rings (SSSR count). The SMILES string of the molecule is Cc1cccc(C(NN)c2occc2Br)c1F. The molecule has 0 aliphatic carbocycles. The average Bonchev–Trinajstić information content (AvgIpc) is 2.72. The van der Waals surface area contributed by atoms with E-state index in [9.17, 15) is 4.39 Å². The number of hydrogen-bond donors (Lipinski definition) is 2. The van der Waals surface area contributed by atoms with Crippen LogP contribution >= 0.6 is 15.9 Å². The van der Waals surface area contributed by atoms with Crippen molar-refractivity contribution < 1.29 is 8.81 Å². The van der Waals surface area contributed by atoms with Crippen LogP contribution < -0.4 is 11.3 Å². The highest BCUT2D eigenvalue weighted by Gasteiger charge is 2.22. The summed E-state index contributed by atoms with van der Waals surface area (Å²) >= 11 is 3.34. The first-order valence-electron chi connectivity index (χ1n) is 5.09. The van der Waals surface area contributed by atoms with E-state index in [0.29, 0.717) is 16.9 Å². The molecule has 90 valence electrons. The molecule has 2 aromatic rings. The van der Waals surface area contributed by atoms with E-state index >= 15 is 0 Å². The standard InChI is InChI=1S/C12H12BrFN2O/c1-7-3-2-4-8(10(7)14)11(16-15)12-9(13)5-6-17-12/h2-6,11,16H,15H2,1H3. The van der Waals surface area contributed by atoms with Crippen molar-refractivity contribution >= 4 is 15.9 Å². The molecule has 0 radical (unpaired) electrons. The van der Waals surface area contributed by atoms with Crippen molar-refractivity contribution in [3.63, 3.8) is 0 Å². The normalized spacial score (nSPS) is 12.7. The van der Waals surface area contributed by atoms with Gasteiger partial charge in [-0.15, -0.1) is 0 Å². The second-order valence-corrected chi connectivity index (χ2v) is 4.56. The zero-order valence-corrected chi connectivity index (χ0v) is 10.8. The lowest BCUT2D eigenvalue weighted by Crippen LogP contribution is -2.29. The Bertz CT molecular complexity index is 527. The number of halogens is 2. The van der Waals surface area contributed by atoms with Gasteiger partial charge in [0.25, 0.3) is 0 Å². The molecular formula is C12H12BrFN2O. The Hall–Kier alpha value is -1.17. The van der Waals surface area contributed by atoms with Crippen molar-refractivity contribution in [2.45, 2.75) is 13.0 Å². The Kier molecular flexibility index (Phi) is 3.61. The number of rotatable bonds is 3. The molecule has 0 spiro atoms. The second-order valence-electron chi connectivity index (χ2n) is 3.71. The molecule has 3 nitrogen and oxygen atoms in total. The second kappa shape index (κ2) is 5.00. The lowest BCUT2D eigenvalue weighted by Gasteiger charge is -2.16. The highest BCUT2D eigenvalue weighted by atomic mass is 79.9. The molecule has 1 aromatic heterocycles. The summed E-state index contributed by atoms with van der Waals surface area (Å²) in [7, 11) is 0. The van der Waals surface area contributed by atoms with E-state index in [1.807, 2.05) is 0 Å². The predicted molar refractivity (Wildman–Crippen MR) is 66.7 cm³/mol. The molecular weight excluding hydrogens is 287 g/mol. The van der Waals surface area contributed by atoms with Crippen LogP contribution in [0.1, 0.15) is 22.9 Å². The third-order valence-corrected chi connectivity index (χ3v) is 3.26. The summed E-state index contributed by atoms with van der Waals surface area (Å²) in [5.74, 6) is 5.76. The quantitative estimate of drug-likeness (QED) is 0.676. The summed E-state index contributed by atoms with van der Waals surface area (Å²) in [6.07, 6.45) is 1.53. The van der Waals surface area contributed by atoms with Gasteiger partial charge >= 0.3 is 0 Å². The Labute approximate surface area is 107 Å². The Balaban J connectivity index is 2.50. The van der Waals surface area contributed by atoms with Crippen LogP contribution in [0.3, 0.4) is 0 Å². The van der Waals surface area contributed by atoms with Crippen molar-refractivity contribution in [3.05, 3.63) is 57.7 Å². The number of nitrogens with two attached hydrogens (primary N) is 1. The van der Waals surface area contributed by atoms with Crippen molar-refractivity contribution in [2.24, 2.45) is 5.84 Å². The van der Waals surface area contributed by atoms with E-state index in [1.165, 1.54) is 6.26 Å². The molecule has 0 saturated carbocycles. The maximum absolute atomic E-state index is 14.0. The van der Waals surface area contributed by atoms with E-state index in [0.717, 1.165) is 4.47 Å². The van der Waals surface area contributed by atoms with Gasteiger partial charge in [-0.2, -0.15) is 0 Å².